The molecule has 3 aliphatic carbocycles. The number of fused-ring (bicyclic) bond motifs is 5. The van der Waals surface area contributed by atoms with Gasteiger partial charge in [0.05, 0.1) is 5.56 Å². The minimum Gasteiger partial charge on any atom is -0.489 e. The van der Waals surface area contributed by atoms with Gasteiger partial charge in [0.25, 0.3) is 0 Å². The van der Waals surface area contributed by atoms with Gasteiger partial charge < -0.3 is 9.47 Å². The third-order valence-corrected chi connectivity index (χ3v) is 10.2. The fourth-order valence-electron chi connectivity index (χ4n) is 8.13. The zero-order valence-corrected chi connectivity index (χ0v) is 24.0. The molecule has 4 aromatic carbocycles. The van der Waals surface area contributed by atoms with Gasteiger partial charge in [-0.05, 0) is 108 Å². The number of benzene rings is 4. The number of carbonyl (C=O) groups excluding carboxylic acids is 2. The molecule has 0 aliphatic heterocycles. The van der Waals surface area contributed by atoms with Gasteiger partial charge in [-0.3, -0.25) is 4.79 Å². The van der Waals surface area contributed by atoms with Gasteiger partial charge in [0, 0.05) is 11.8 Å². The molecule has 42 heavy (non-hydrogen) atoms. The van der Waals surface area contributed by atoms with Crippen molar-refractivity contribution in [2.45, 2.75) is 57.5 Å². The van der Waals surface area contributed by atoms with Crippen molar-refractivity contribution in [2.75, 3.05) is 0 Å². The molecule has 0 bridgehead atoms. The van der Waals surface area contributed by atoms with Crippen LogP contribution in [0, 0.1) is 17.3 Å². The molecule has 7 rings (SSSR count). The molecule has 4 aromatic rings. The fraction of sp³-hybridized carbons (Fsp3) is 0.316. The maximum absolute atomic E-state index is 13.3. The number of Topliss-reactive ketones (excluding diaryl/α,β-unsaturated/α-hetero) is 1. The van der Waals surface area contributed by atoms with Crippen molar-refractivity contribution in [3.8, 4) is 11.5 Å². The largest absolute Gasteiger partial charge is 0.489 e. The molecule has 3 aliphatic rings. The highest BCUT2D eigenvalue weighted by atomic mass is 16.5. The van der Waals surface area contributed by atoms with Crippen LogP contribution in [-0.4, -0.2) is 11.8 Å². The lowest BCUT2D eigenvalue weighted by atomic mass is 9.51. The predicted molar refractivity (Wildman–Crippen MR) is 163 cm³/mol. The molecule has 2 saturated carbocycles. The second-order valence-electron chi connectivity index (χ2n) is 12.5. The first kappa shape index (κ1) is 26.7. The lowest BCUT2D eigenvalue weighted by Crippen LogP contribution is -2.46. The summed E-state index contributed by atoms with van der Waals surface area (Å²) in [4.78, 5) is 25.9. The number of hydrogen-bond acceptors (Lipinski definition) is 4. The number of ketones is 1. The van der Waals surface area contributed by atoms with E-state index in [1.54, 1.807) is 12.1 Å². The van der Waals surface area contributed by atoms with Crippen molar-refractivity contribution < 1.29 is 19.1 Å². The number of ether oxygens (including phenoxy) is 2. The van der Waals surface area contributed by atoms with Crippen LogP contribution in [0.3, 0.4) is 0 Å². The van der Waals surface area contributed by atoms with E-state index in [-0.39, 0.29) is 17.3 Å². The zero-order chi connectivity index (χ0) is 28.7. The molecule has 0 spiro atoms. The van der Waals surface area contributed by atoms with E-state index in [4.69, 9.17) is 9.47 Å². The average Bonchev–Trinajstić information content (AvgIpc) is 3.34. The van der Waals surface area contributed by atoms with Crippen molar-refractivity contribution in [1.82, 2.24) is 0 Å². The number of carbonyl (C=O) groups is 2. The highest BCUT2D eigenvalue weighted by Gasteiger charge is 2.57. The van der Waals surface area contributed by atoms with E-state index in [0.29, 0.717) is 47.9 Å². The third kappa shape index (κ3) is 4.83. The Bertz CT molecular complexity index is 1590. The van der Waals surface area contributed by atoms with E-state index < -0.39 is 0 Å². The fourth-order valence-corrected chi connectivity index (χ4v) is 8.13. The van der Waals surface area contributed by atoms with Gasteiger partial charge >= 0.3 is 5.97 Å². The Morgan fingerprint density at radius 2 is 1.55 bits per heavy atom. The number of hydrogen-bond donors (Lipinski definition) is 0. The Kier molecular flexibility index (Phi) is 6.93. The first-order valence-corrected chi connectivity index (χ1v) is 15.2. The number of aryl methyl sites for hydroxylation is 1. The van der Waals surface area contributed by atoms with E-state index in [1.165, 1.54) is 16.7 Å². The van der Waals surface area contributed by atoms with E-state index in [9.17, 15) is 9.59 Å². The molecule has 4 nitrogen and oxygen atoms in total. The van der Waals surface area contributed by atoms with Crippen molar-refractivity contribution in [3.63, 3.8) is 0 Å². The maximum Gasteiger partial charge on any atom is 0.343 e. The molecule has 212 valence electrons. The van der Waals surface area contributed by atoms with Gasteiger partial charge in [-0.1, -0.05) is 73.7 Å². The van der Waals surface area contributed by atoms with Crippen LogP contribution in [0.25, 0.3) is 0 Å². The van der Waals surface area contributed by atoms with Gasteiger partial charge in [0.15, 0.2) is 0 Å². The standard InChI is InChI=1S/C38H36O4/c1-38-23-33(26-12-15-29(16-13-26)42-37(40)27-10-6-3-7-11-27)36-31-19-17-30(41-24-25-8-4-2-5-9-25)22-28(31)14-18-32(36)34(38)20-21-35(38)39/h2-13,15-17,19,22,32-34,36H,14,18,20-21,23-24H2,1H3/t32-,33+,34-,36+,38-/m0/s1. The summed E-state index contributed by atoms with van der Waals surface area (Å²) in [7, 11) is 0. The summed E-state index contributed by atoms with van der Waals surface area (Å²) in [5.74, 6) is 2.98. The quantitative estimate of drug-likeness (QED) is 0.177. The molecule has 0 heterocycles. The summed E-state index contributed by atoms with van der Waals surface area (Å²) in [6.45, 7) is 2.78. The topological polar surface area (TPSA) is 52.6 Å². The summed E-state index contributed by atoms with van der Waals surface area (Å²) in [6.07, 6.45) is 4.67. The van der Waals surface area contributed by atoms with E-state index >= 15 is 0 Å². The smallest absolute Gasteiger partial charge is 0.343 e. The second kappa shape index (κ2) is 10.9. The van der Waals surface area contributed by atoms with Crippen LogP contribution in [0.1, 0.15) is 77.1 Å². The normalized spacial score (nSPS) is 26.1. The van der Waals surface area contributed by atoms with Crippen molar-refractivity contribution in [1.29, 1.82) is 0 Å². The van der Waals surface area contributed by atoms with E-state index in [0.717, 1.165) is 37.0 Å². The highest BCUT2D eigenvalue weighted by molar-refractivity contribution is 5.91. The summed E-state index contributed by atoms with van der Waals surface area (Å²) in [5.41, 5.74) is 5.39. The minimum absolute atomic E-state index is 0.215. The molecule has 0 unspecified atom stereocenters. The molecular formula is C38H36O4. The first-order valence-electron chi connectivity index (χ1n) is 15.2. The molecular weight excluding hydrogens is 520 g/mol. The second-order valence-corrected chi connectivity index (χ2v) is 12.5. The molecule has 0 saturated heterocycles. The number of rotatable bonds is 6. The van der Waals surface area contributed by atoms with Crippen LogP contribution in [0.4, 0.5) is 0 Å². The Morgan fingerprint density at radius 3 is 2.31 bits per heavy atom. The van der Waals surface area contributed by atoms with Crippen molar-refractivity contribution >= 4 is 11.8 Å². The Labute approximate surface area is 247 Å². The Morgan fingerprint density at radius 1 is 0.833 bits per heavy atom. The molecule has 5 atom stereocenters. The SMILES string of the molecule is C[C@]12C[C@H](c3ccc(OC(=O)c4ccccc4)cc3)[C@@H]3c4ccc(OCc5ccccc5)cc4CC[C@H]3[C@@H]1CCC2=O. The maximum atomic E-state index is 13.3. The first-order chi connectivity index (χ1) is 20.5. The summed E-state index contributed by atoms with van der Waals surface area (Å²) in [6, 6.07) is 34.0. The van der Waals surface area contributed by atoms with Gasteiger partial charge in [0.1, 0.15) is 23.9 Å². The average molecular weight is 557 g/mol. The molecule has 0 amide bonds. The van der Waals surface area contributed by atoms with Crippen molar-refractivity contribution in [3.05, 3.63) is 131 Å². The Hall–Kier alpha value is -4.18. The van der Waals surface area contributed by atoms with Crippen LogP contribution < -0.4 is 9.47 Å². The third-order valence-electron chi connectivity index (χ3n) is 10.2. The lowest BCUT2D eigenvalue weighted by Gasteiger charge is -2.52. The monoisotopic (exact) mass is 556 g/mol. The summed E-state index contributed by atoms with van der Waals surface area (Å²) >= 11 is 0. The number of esters is 1. The van der Waals surface area contributed by atoms with Crippen LogP contribution in [0.2, 0.25) is 0 Å². The molecule has 2 fully saturated rings. The van der Waals surface area contributed by atoms with Crippen LogP contribution in [-0.2, 0) is 17.8 Å². The van der Waals surface area contributed by atoms with Gasteiger partial charge in [-0.2, -0.15) is 0 Å². The summed E-state index contributed by atoms with van der Waals surface area (Å²) < 4.78 is 11.9. The van der Waals surface area contributed by atoms with Crippen LogP contribution in [0.15, 0.2) is 103 Å². The molecule has 0 N–H and O–H groups in total. The van der Waals surface area contributed by atoms with Gasteiger partial charge in [-0.25, -0.2) is 4.79 Å². The van der Waals surface area contributed by atoms with Gasteiger partial charge in [0.2, 0.25) is 0 Å². The van der Waals surface area contributed by atoms with Crippen molar-refractivity contribution in [2.24, 2.45) is 17.3 Å². The minimum atomic E-state index is -0.362. The van der Waals surface area contributed by atoms with E-state index in [2.05, 4.69) is 49.4 Å². The molecule has 0 aromatic heterocycles. The predicted octanol–water partition coefficient (Wildman–Crippen LogP) is 8.30. The summed E-state index contributed by atoms with van der Waals surface area (Å²) in [5, 5.41) is 0. The van der Waals surface area contributed by atoms with Crippen LogP contribution >= 0.6 is 0 Å². The van der Waals surface area contributed by atoms with Crippen LogP contribution in [0.5, 0.6) is 11.5 Å². The zero-order valence-electron chi connectivity index (χ0n) is 24.0. The Balaban J connectivity index is 1.18. The lowest BCUT2D eigenvalue weighted by molar-refractivity contribution is -0.130. The molecule has 0 radical (unpaired) electrons. The highest BCUT2D eigenvalue weighted by Crippen LogP contribution is 2.64. The molecule has 4 heteroatoms. The van der Waals surface area contributed by atoms with E-state index in [1.807, 2.05) is 48.5 Å². The van der Waals surface area contributed by atoms with Gasteiger partial charge in [-0.15, -0.1) is 0 Å².